The third-order valence-electron chi connectivity index (χ3n) is 8.88. The Hall–Kier alpha value is -5.66. The molecule has 0 N–H and O–H groups in total. The van der Waals surface area contributed by atoms with Gasteiger partial charge in [-0.2, -0.15) is 0 Å². The Labute approximate surface area is 249 Å². The van der Waals surface area contributed by atoms with Gasteiger partial charge in [0.25, 0.3) is 0 Å². The lowest BCUT2D eigenvalue weighted by Crippen LogP contribution is -1.91. The largest absolute Gasteiger partial charge is 0.456 e. The number of para-hydroxylation sites is 1. The van der Waals surface area contributed by atoms with E-state index >= 15 is 0 Å². The Kier molecular flexibility index (Phi) is 5.27. The minimum Gasteiger partial charge on any atom is -0.456 e. The van der Waals surface area contributed by atoms with Crippen molar-refractivity contribution in [3.05, 3.63) is 158 Å². The predicted molar refractivity (Wildman–Crippen MR) is 183 cm³/mol. The van der Waals surface area contributed by atoms with Crippen LogP contribution in [-0.2, 0) is 0 Å². The number of hydrogen-bond acceptors (Lipinski definition) is 1. The number of furan rings is 1. The second-order valence-corrected chi connectivity index (χ2v) is 11.2. The molecule has 0 unspecified atom stereocenters. The molecule has 0 atom stereocenters. The lowest BCUT2D eigenvalue weighted by molar-refractivity contribution is 0.669. The standard InChI is InChI=1S/C42H26O/c1-2-11-27(12-3-1)28-21-23-29(24-22-28)40-33-13-4-6-15-35(33)41(36-16-7-5-14-34(36)40)31-18-10-19-32-30(31)25-26-39-42(32)37-17-8-9-20-38(37)43-39/h1-26H. The van der Waals surface area contributed by atoms with Crippen molar-refractivity contribution in [1.82, 2.24) is 0 Å². The summed E-state index contributed by atoms with van der Waals surface area (Å²) in [6, 6.07) is 56.8. The zero-order valence-corrected chi connectivity index (χ0v) is 23.4. The molecule has 0 saturated heterocycles. The third-order valence-corrected chi connectivity index (χ3v) is 8.88. The van der Waals surface area contributed by atoms with Crippen LogP contribution in [0, 0.1) is 0 Å². The number of hydrogen-bond donors (Lipinski definition) is 0. The molecule has 0 saturated carbocycles. The molecular weight excluding hydrogens is 520 g/mol. The van der Waals surface area contributed by atoms with Gasteiger partial charge in [0, 0.05) is 10.8 Å². The second-order valence-electron chi connectivity index (χ2n) is 11.2. The lowest BCUT2D eigenvalue weighted by atomic mass is 9.84. The van der Waals surface area contributed by atoms with Crippen LogP contribution in [0.25, 0.3) is 87.6 Å². The molecule has 0 aliphatic carbocycles. The first-order valence-corrected chi connectivity index (χ1v) is 14.8. The number of fused-ring (bicyclic) bond motifs is 7. The maximum atomic E-state index is 6.25. The van der Waals surface area contributed by atoms with Crippen LogP contribution in [0.5, 0.6) is 0 Å². The highest BCUT2D eigenvalue weighted by Crippen LogP contribution is 2.46. The van der Waals surface area contributed by atoms with E-state index in [4.69, 9.17) is 4.42 Å². The van der Waals surface area contributed by atoms with Crippen LogP contribution in [0.15, 0.2) is 162 Å². The summed E-state index contributed by atoms with van der Waals surface area (Å²) >= 11 is 0. The van der Waals surface area contributed by atoms with Gasteiger partial charge in [0.15, 0.2) is 0 Å². The van der Waals surface area contributed by atoms with Crippen molar-refractivity contribution in [2.75, 3.05) is 0 Å². The Morgan fingerprint density at radius 1 is 0.279 bits per heavy atom. The van der Waals surface area contributed by atoms with Gasteiger partial charge in [-0.3, -0.25) is 0 Å². The first-order chi connectivity index (χ1) is 21.3. The van der Waals surface area contributed by atoms with Gasteiger partial charge in [-0.25, -0.2) is 0 Å². The van der Waals surface area contributed by atoms with Crippen molar-refractivity contribution in [3.63, 3.8) is 0 Å². The summed E-state index contributed by atoms with van der Waals surface area (Å²) < 4.78 is 6.25. The maximum Gasteiger partial charge on any atom is 0.136 e. The van der Waals surface area contributed by atoms with E-state index < -0.39 is 0 Å². The Morgan fingerprint density at radius 2 is 0.814 bits per heavy atom. The zero-order chi connectivity index (χ0) is 28.3. The Morgan fingerprint density at radius 3 is 1.51 bits per heavy atom. The van der Waals surface area contributed by atoms with Gasteiger partial charge in [-0.1, -0.05) is 146 Å². The Balaban J connectivity index is 1.34. The van der Waals surface area contributed by atoms with Crippen LogP contribution in [0.1, 0.15) is 0 Å². The first kappa shape index (κ1) is 24.0. The average molecular weight is 547 g/mol. The fourth-order valence-electron chi connectivity index (χ4n) is 6.99. The van der Waals surface area contributed by atoms with Gasteiger partial charge in [0.2, 0.25) is 0 Å². The molecule has 1 nitrogen and oxygen atoms in total. The topological polar surface area (TPSA) is 13.1 Å². The maximum absolute atomic E-state index is 6.25. The van der Waals surface area contributed by atoms with Crippen LogP contribution in [-0.4, -0.2) is 0 Å². The highest BCUT2D eigenvalue weighted by molar-refractivity contribution is 6.26. The van der Waals surface area contributed by atoms with Crippen LogP contribution < -0.4 is 0 Å². The Bertz CT molecular complexity index is 2420. The van der Waals surface area contributed by atoms with Gasteiger partial charge in [0.1, 0.15) is 11.2 Å². The fourth-order valence-corrected chi connectivity index (χ4v) is 6.99. The summed E-state index contributed by atoms with van der Waals surface area (Å²) in [5, 5.41) is 9.82. The summed E-state index contributed by atoms with van der Waals surface area (Å²) in [6.45, 7) is 0. The minimum absolute atomic E-state index is 0.925. The molecule has 0 aliphatic rings. The van der Waals surface area contributed by atoms with Crippen LogP contribution in [0.2, 0.25) is 0 Å². The zero-order valence-electron chi connectivity index (χ0n) is 23.4. The molecule has 8 aromatic carbocycles. The normalized spacial score (nSPS) is 11.7. The highest BCUT2D eigenvalue weighted by Gasteiger charge is 2.19. The minimum atomic E-state index is 0.925. The van der Waals surface area contributed by atoms with Crippen molar-refractivity contribution < 1.29 is 4.42 Å². The molecule has 200 valence electrons. The van der Waals surface area contributed by atoms with E-state index in [-0.39, 0.29) is 0 Å². The molecule has 0 amide bonds. The molecule has 1 aromatic heterocycles. The molecule has 1 heteroatoms. The number of rotatable bonds is 3. The van der Waals surface area contributed by atoms with E-state index in [2.05, 4.69) is 152 Å². The van der Waals surface area contributed by atoms with Crippen molar-refractivity contribution in [3.8, 4) is 33.4 Å². The van der Waals surface area contributed by atoms with Gasteiger partial charge in [-0.05, 0) is 77.8 Å². The van der Waals surface area contributed by atoms with Crippen LogP contribution in [0.4, 0.5) is 0 Å². The SMILES string of the molecule is c1ccc(-c2ccc(-c3c4ccccc4c(-c4cccc5c4ccc4oc6ccccc6c45)c4ccccc34)cc2)cc1. The van der Waals surface area contributed by atoms with E-state index in [1.54, 1.807) is 0 Å². The lowest BCUT2D eigenvalue weighted by Gasteiger charge is -2.19. The molecule has 9 rings (SSSR count). The summed E-state index contributed by atoms with van der Waals surface area (Å²) in [6.07, 6.45) is 0. The predicted octanol–water partition coefficient (Wildman–Crippen LogP) is 12.0. The van der Waals surface area contributed by atoms with E-state index in [0.717, 1.165) is 16.6 Å². The van der Waals surface area contributed by atoms with E-state index in [0.29, 0.717) is 0 Å². The quantitative estimate of drug-likeness (QED) is 0.201. The van der Waals surface area contributed by atoms with Crippen LogP contribution in [0.3, 0.4) is 0 Å². The van der Waals surface area contributed by atoms with Gasteiger partial charge < -0.3 is 4.42 Å². The summed E-state index contributed by atoms with van der Waals surface area (Å²) in [5.74, 6) is 0. The van der Waals surface area contributed by atoms with E-state index in [9.17, 15) is 0 Å². The molecule has 0 spiro atoms. The van der Waals surface area contributed by atoms with Crippen molar-refractivity contribution in [1.29, 1.82) is 0 Å². The van der Waals surface area contributed by atoms with Crippen LogP contribution >= 0.6 is 0 Å². The fraction of sp³-hybridized carbons (Fsp3) is 0. The molecule has 0 radical (unpaired) electrons. The third kappa shape index (κ3) is 3.65. The smallest absolute Gasteiger partial charge is 0.136 e. The van der Waals surface area contributed by atoms with Crippen molar-refractivity contribution in [2.24, 2.45) is 0 Å². The van der Waals surface area contributed by atoms with Gasteiger partial charge in [-0.15, -0.1) is 0 Å². The molecule has 0 fully saturated rings. The second kappa shape index (κ2) is 9.44. The summed E-state index contributed by atoms with van der Waals surface area (Å²) in [5.41, 5.74) is 9.32. The molecule has 0 aliphatic heterocycles. The van der Waals surface area contributed by atoms with E-state index in [1.807, 2.05) is 6.07 Å². The first-order valence-electron chi connectivity index (χ1n) is 14.8. The van der Waals surface area contributed by atoms with Gasteiger partial charge in [0.05, 0.1) is 0 Å². The molecule has 43 heavy (non-hydrogen) atoms. The highest BCUT2D eigenvalue weighted by atomic mass is 16.3. The molecular formula is C42H26O. The van der Waals surface area contributed by atoms with Crippen molar-refractivity contribution >= 4 is 54.3 Å². The molecule has 0 bridgehead atoms. The monoisotopic (exact) mass is 546 g/mol. The molecule has 9 aromatic rings. The van der Waals surface area contributed by atoms with Gasteiger partial charge >= 0.3 is 0 Å². The molecule has 1 heterocycles. The van der Waals surface area contributed by atoms with Crippen molar-refractivity contribution in [2.45, 2.75) is 0 Å². The van der Waals surface area contributed by atoms with E-state index in [1.165, 1.54) is 71.1 Å². The summed E-state index contributed by atoms with van der Waals surface area (Å²) in [4.78, 5) is 0. The average Bonchev–Trinajstić information content (AvgIpc) is 3.47. The summed E-state index contributed by atoms with van der Waals surface area (Å²) in [7, 11) is 0. The number of benzene rings is 8.